The molecule has 1 heterocycles. The number of rotatable bonds is 8. The van der Waals surface area contributed by atoms with Crippen LogP contribution in [-0.4, -0.2) is 60.4 Å². The van der Waals surface area contributed by atoms with E-state index in [-0.39, 0.29) is 47.6 Å². The summed E-state index contributed by atoms with van der Waals surface area (Å²) in [5, 5.41) is 20.3. The minimum Gasteiger partial charge on any atom is -0.459 e. The van der Waals surface area contributed by atoms with Gasteiger partial charge in [-0.2, -0.15) is 0 Å². The molecule has 6 heteroatoms. The molecule has 0 amide bonds. The lowest BCUT2D eigenvalue weighted by Gasteiger charge is -2.61. The lowest BCUT2D eigenvalue weighted by Crippen LogP contribution is -2.61. The molecule has 4 unspecified atom stereocenters. The highest BCUT2D eigenvalue weighted by atomic mass is 16.6. The van der Waals surface area contributed by atoms with Crippen molar-refractivity contribution in [3.8, 4) is 0 Å². The monoisotopic (exact) mass is 452 g/mol. The highest BCUT2D eigenvalue weighted by Gasteiger charge is 2.64. The Hall–Kier alpha value is -0.690. The van der Waals surface area contributed by atoms with E-state index >= 15 is 0 Å². The van der Waals surface area contributed by atoms with Gasteiger partial charge in [-0.15, -0.1) is 0 Å². The van der Waals surface area contributed by atoms with Crippen LogP contribution in [0.3, 0.4) is 0 Å². The molecule has 3 saturated carbocycles. The number of aliphatic hydroxyl groups excluding tert-OH is 2. The van der Waals surface area contributed by atoms with Crippen LogP contribution in [0.25, 0.3) is 0 Å². The quantitative estimate of drug-likeness (QED) is 0.430. The summed E-state index contributed by atoms with van der Waals surface area (Å²) in [4.78, 5) is 12.0. The summed E-state index contributed by atoms with van der Waals surface area (Å²) >= 11 is 0. The summed E-state index contributed by atoms with van der Waals surface area (Å²) in [6, 6.07) is 0. The van der Waals surface area contributed by atoms with Crippen molar-refractivity contribution in [2.75, 3.05) is 19.8 Å². The van der Waals surface area contributed by atoms with E-state index < -0.39 is 0 Å². The molecule has 0 radical (unpaired) electrons. The second-order valence-electron chi connectivity index (χ2n) is 11.4. The number of carbonyl (C=O) groups is 1. The van der Waals surface area contributed by atoms with Crippen molar-refractivity contribution >= 4 is 5.97 Å². The third-order valence-corrected chi connectivity index (χ3v) is 9.64. The van der Waals surface area contributed by atoms with E-state index in [0.717, 1.165) is 64.4 Å². The molecule has 4 rings (SSSR count). The Labute approximate surface area is 193 Å². The molecule has 4 fully saturated rings. The Bertz CT molecular complexity index is 654. The molecular formula is C26H44O6. The average Bonchev–Trinajstić information content (AvgIpc) is 3.10. The molecule has 0 spiro atoms. The van der Waals surface area contributed by atoms with Gasteiger partial charge >= 0.3 is 5.97 Å². The highest BCUT2D eigenvalue weighted by molar-refractivity contribution is 5.69. The Morgan fingerprint density at radius 3 is 2.62 bits per heavy atom. The van der Waals surface area contributed by atoms with E-state index in [1.807, 2.05) is 6.92 Å². The molecular weight excluding hydrogens is 408 g/mol. The van der Waals surface area contributed by atoms with E-state index in [0.29, 0.717) is 31.0 Å². The first-order chi connectivity index (χ1) is 15.3. The van der Waals surface area contributed by atoms with Gasteiger partial charge < -0.3 is 24.4 Å². The summed E-state index contributed by atoms with van der Waals surface area (Å²) in [5.74, 6) is 0.889. The molecule has 32 heavy (non-hydrogen) atoms. The van der Waals surface area contributed by atoms with Crippen molar-refractivity contribution in [2.45, 2.75) is 109 Å². The van der Waals surface area contributed by atoms with Crippen molar-refractivity contribution in [3.63, 3.8) is 0 Å². The first-order valence-electron chi connectivity index (χ1n) is 13.0. The third-order valence-electron chi connectivity index (χ3n) is 9.64. The average molecular weight is 453 g/mol. The van der Waals surface area contributed by atoms with Crippen molar-refractivity contribution < 1.29 is 29.2 Å². The van der Waals surface area contributed by atoms with Gasteiger partial charge in [0.05, 0.1) is 24.9 Å². The third kappa shape index (κ3) is 4.37. The molecule has 9 atom stereocenters. The minimum absolute atomic E-state index is 0.0378. The summed E-state index contributed by atoms with van der Waals surface area (Å²) in [6.07, 6.45) is 9.09. The number of fused-ring (bicyclic) bond motifs is 5. The van der Waals surface area contributed by atoms with Crippen molar-refractivity contribution in [3.05, 3.63) is 0 Å². The minimum atomic E-state index is -0.369. The van der Waals surface area contributed by atoms with Crippen LogP contribution in [-0.2, 0) is 19.0 Å². The standard InChI is InChI=1S/C26H44O6/c1-4-22(29)32-21-16-31-24-23-19(9-11-26(21,24)3)25(2)10-8-18(14-17(25)15-20(23)28)30-13-7-5-6-12-27/h17-21,23-24,27-28H,4-16H2,1-3H3/t17?,18-,19?,20-,21-,23?,24?,25-,26+/m0/s1. The molecule has 6 nitrogen and oxygen atoms in total. The number of carbonyl (C=O) groups excluding carboxylic acids is 1. The van der Waals surface area contributed by atoms with Crippen LogP contribution in [0.1, 0.15) is 85.0 Å². The zero-order valence-corrected chi connectivity index (χ0v) is 20.3. The van der Waals surface area contributed by atoms with Gasteiger partial charge in [-0.3, -0.25) is 4.79 Å². The van der Waals surface area contributed by atoms with E-state index in [4.69, 9.17) is 19.3 Å². The van der Waals surface area contributed by atoms with Crippen molar-refractivity contribution in [1.29, 1.82) is 0 Å². The summed E-state index contributed by atoms with van der Waals surface area (Å²) < 4.78 is 18.3. The van der Waals surface area contributed by atoms with Gasteiger partial charge in [-0.1, -0.05) is 20.8 Å². The number of aliphatic hydroxyl groups is 2. The highest BCUT2D eigenvalue weighted by Crippen LogP contribution is 2.63. The molecule has 0 bridgehead atoms. The number of hydrogen-bond donors (Lipinski definition) is 2. The number of hydrogen-bond acceptors (Lipinski definition) is 6. The molecule has 0 aromatic carbocycles. The smallest absolute Gasteiger partial charge is 0.305 e. The van der Waals surface area contributed by atoms with Gasteiger partial charge in [0.2, 0.25) is 0 Å². The maximum absolute atomic E-state index is 12.0. The normalized spacial score (nSPS) is 45.6. The number of esters is 1. The van der Waals surface area contributed by atoms with Gasteiger partial charge in [0, 0.05) is 31.0 Å². The van der Waals surface area contributed by atoms with Gasteiger partial charge in [-0.25, -0.2) is 0 Å². The van der Waals surface area contributed by atoms with Crippen LogP contribution >= 0.6 is 0 Å². The molecule has 3 aliphatic carbocycles. The fourth-order valence-electron chi connectivity index (χ4n) is 7.60. The van der Waals surface area contributed by atoms with Gasteiger partial charge in [0.25, 0.3) is 0 Å². The maximum Gasteiger partial charge on any atom is 0.305 e. The summed E-state index contributed by atoms with van der Waals surface area (Å²) in [7, 11) is 0. The van der Waals surface area contributed by atoms with E-state index in [9.17, 15) is 9.90 Å². The van der Waals surface area contributed by atoms with Gasteiger partial charge in [0.15, 0.2) is 0 Å². The zero-order valence-electron chi connectivity index (χ0n) is 20.3. The Balaban J connectivity index is 1.41. The predicted molar refractivity (Wildman–Crippen MR) is 121 cm³/mol. The summed E-state index contributed by atoms with van der Waals surface area (Å²) in [6.45, 7) is 7.97. The van der Waals surface area contributed by atoms with Crippen molar-refractivity contribution in [1.82, 2.24) is 0 Å². The van der Waals surface area contributed by atoms with Crippen LogP contribution in [0, 0.1) is 28.6 Å². The zero-order chi connectivity index (χ0) is 22.9. The maximum atomic E-state index is 12.0. The topological polar surface area (TPSA) is 85.2 Å². The first kappa shape index (κ1) is 24.4. The van der Waals surface area contributed by atoms with E-state index in [1.165, 1.54) is 0 Å². The molecule has 0 aromatic rings. The SMILES string of the molecule is CCC(=O)O[C@H]1COC2C3C(CC[C@@]21C)[C@@]1(C)CC[C@H](OCCCCCO)CC1C[C@@H]3O. The second kappa shape index (κ2) is 9.89. The lowest BCUT2D eigenvalue weighted by molar-refractivity contribution is -0.195. The van der Waals surface area contributed by atoms with Crippen LogP contribution in [0.5, 0.6) is 0 Å². The molecule has 4 aliphatic rings. The van der Waals surface area contributed by atoms with E-state index in [1.54, 1.807) is 0 Å². The summed E-state index contributed by atoms with van der Waals surface area (Å²) in [5.41, 5.74) is 0.00850. The predicted octanol–water partition coefficient (Wildman–Crippen LogP) is 3.86. The van der Waals surface area contributed by atoms with Crippen LogP contribution in [0.15, 0.2) is 0 Å². The molecule has 0 aromatic heterocycles. The van der Waals surface area contributed by atoms with Crippen molar-refractivity contribution in [2.24, 2.45) is 28.6 Å². The molecule has 184 valence electrons. The largest absolute Gasteiger partial charge is 0.459 e. The van der Waals surface area contributed by atoms with Gasteiger partial charge in [0.1, 0.15) is 6.10 Å². The molecule has 2 N–H and O–H groups in total. The number of unbranched alkanes of at least 4 members (excludes halogenated alkanes) is 2. The fourth-order valence-corrected chi connectivity index (χ4v) is 7.60. The number of ether oxygens (including phenoxy) is 3. The molecule has 1 saturated heterocycles. The Kier molecular flexibility index (Phi) is 7.55. The Morgan fingerprint density at radius 2 is 1.88 bits per heavy atom. The van der Waals surface area contributed by atoms with Crippen LogP contribution < -0.4 is 0 Å². The lowest BCUT2D eigenvalue weighted by atomic mass is 9.45. The second-order valence-corrected chi connectivity index (χ2v) is 11.4. The first-order valence-corrected chi connectivity index (χ1v) is 13.0. The molecule has 1 aliphatic heterocycles. The van der Waals surface area contributed by atoms with E-state index in [2.05, 4.69) is 13.8 Å². The van der Waals surface area contributed by atoms with Crippen LogP contribution in [0.4, 0.5) is 0 Å². The Morgan fingerprint density at radius 1 is 1.09 bits per heavy atom. The van der Waals surface area contributed by atoms with Crippen LogP contribution in [0.2, 0.25) is 0 Å². The fraction of sp³-hybridized carbons (Fsp3) is 0.962. The van der Waals surface area contributed by atoms with Gasteiger partial charge in [-0.05, 0) is 75.0 Å².